The summed E-state index contributed by atoms with van der Waals surface area (Å²) in [4.78, 5) is 0.167. The standard InChI is InChI=1S/C17H20ClNO4S/c1-3-23-13-8-10-14(11-9-13)24(20,21)19-12-17(22-2)15-6-4-5-7-16(15)18/h4-11,17,19H,3,12H2,1-2H3. The summed E-state index contributed by atoms with van der Waals surface area (Å²) in [5.41, 5.74) is 0.732. The number of nitrogens with one attached hydrogen (secondary N) is 1. The van der Waals surface area contributed by atoms with Crippen molar-refractivity contribution in [2.45, 2.75) is 17.9 Å². The third-order valence-electron chi connectivity index (χ3n) is 3.44. The largest absolute Gasteiger partial charge is 0.494 e. The maximum Gasteiger partial charge on any atom is 0.240 e. The molecule has 0 radical (unpaired) electrons. The van der Waals surface area contributed by atoms with Gasteiger partial charge in [-0.25, -0.2) is 13.1 Å². The first-order chi connectivity index (χ1) is 11.5. The van der Waals surface area contributed by atoms with E-state index in [1.165, 1.54) is 19.2 Å². The molecule has 130 valence electrons. The zero-order chi connectivity index (χ0) is 17.6. The van der Waals surface area contributed by atoms with Gasteiger partial charge in [0, 0.05) is 24.2 Å². The van der Waals surface area contributed by atoms with Gasteiger partial charge in [0.1, 0.15) is 5.75 Å². The van der Waals surface area contributed by atoms with Crippen molar-refractivity contribution in [2.75, 3.05) is 20.3 Å². The number of hydrogen-bond donors (Lipinski definition) is 1. The smallest absolute Gasteiger partial charge is 0.240 e. The molecule has 0 heterocycles. The summed E-state index contributed by atoms with van der Waals surface area (Å²) < 4.78 is 38.0. The van der Waals surface area contributed by atoms with Gasteiger partial charge in [-0.05, 0) is 37.3 Å². The molecule has 0 saturated carbocycles. The quantitative estimate of drug-likeness (QED) is 0.774. The van der Waals surface area contributed by atoms with Gasteiger partial charge >= 0.3 is 0 Å². The predicted octanol–water partition coefficient (Wildman–Crippen LogP) is 3.40. The highest BCUT2D eigenvalue weighted by Crippen LogP contribution is 2.25. The second-order valence-electron chi connectivity index (χ2n) is 5.00. The minimum Gasteiger partial charge on any atom is -0.494 e. The Bertz CT molecular complexity index is 762. The molecule has 0 aliphatic carbocycles. The van der Waals surface area contributed by atoms with Crippen LogP contribution in [0.15, 0.2) is 53.4 Å². The fourth-order valence-corrected chi connectivity index (χ4v) is 3.50. The number of ether oxygens (including phenoxy) is 2. The van der Waals surface area contributed by atoms with E-state index in [0.29, 0.717) is 17.4 Å². The van der Waals surface area contributed by atoms with Crippen molar-refractivity contribution in [1.29, 1.82) is 0 Å². The van der Waals surface area contributed by atoms with Gasteiger partial charge < -0.3 is 9.47 Å². The van der Waals surface area contributed by atoms with Crippen LogP contribution in [0.25, 0.3) is 0 Å². The topological polar surface area (TPSA) is 64.6 Å². The van der Waals surface area contributed by atoms with Crippen LogP contribution in [0.5, 0.6) is 5.75 Å². The number of rotatable bonds is 8. The highest BCUT2D eigenvalue weighted by Gasteiger charge is 2.19. The maximum absolute atomic E-state index is 12.4. The Labute approximate surface area is 147 Å². The molecule has 2 rings (SSSR count). The Morgan fingerprint density at radius 2 is 1.79 bits per heavy atom. The molecule has 0 bridgehead atoms. The fourth-order valence-electron chi connectivity index (χ4n) is 2.21. The van der Waals surface area contributed by atoms with Crippen molar-refractivity contribution < 1.29 is 17.9 Å². The predicted molar refractivity (Wildman–Crippen MR) is 94.0 cm³/mol. The first-order valence-corrected chi connectivity index (χ1v) is 9.33. The number of methoxy groups -OCH3 is 1. The molecule has 0 fully saturated rings. The molecule has 1 unspecified atom stereocenters. The Morgan fingerprint density at radius 3 is 2.38 bits per heavy atom. The lowest BCUT2D eigenvalue weighted by Crippen LogP contribution is -2.29. The first-order valence-electron chi connectivity index (χ1n) is 7.47. The van der Waals surface area contributed by atoms with Crippen LogP contribution in [-0.4, -0.2) is 28.7 Å². The van der Waals surface area contributed by atoms with Crippen LogP contribution in [-0.2, 0) is 14.8 Å². The minimum absolute atomic E-state index is 0.0791. The number of sulfonamides is 1. The molecule has 1 atom stereocenters. The Hall–Kier alpha value is -1.60. The average Bonchev–Trinajstić information content (AvgIpc) is 2.57. The van der Waals surface area contributed by atoms with E-state index in [1.807, 2.05) is 25.1 Å². The van der Waals surface area contributed by atoms with Crippen LogP contribution in [0, 0.1) is 0 Å². The summed E-state index contributed by atoms with van der Waals surface area (Å²) in [6, 6.07) is 13.4. The lowest BCUT2D eigenvalue weighted by atomic mass is 10.1. The van der Waals surface area contributed by atoms with Gasteiger partial charge in [0.2, 0.25) is 10.0 Å². The number of hydrogen-bond acceptors (Lipinski definition) is 4. The second-order valence-corrected chi connectivity index (χ2v) is 7.18. The highest BCUT2D eigenvalue weighted by atomic mass is 35.5. The summed E-state index contributed by atoms with van der Waals surface area (Å²) in [6.45, 7) is 2.47. The first kappa shape index (κ1) is 18.7. The van der Waals surface area contributed by atoms with Gasteiger partial charge in [-0.1, -0.05) is 29.8 Å². The monoisotopic (exact) mass is 369 g/mol. The average molecular weight is 370 g/mol. The maximum atomic E-state index is 12.4. The normalized spacial score (nSPS) is 12.8. The van der Waals surface area contributed by atoms with Gasteiger partial charge in [-0.3, -0.25) is 0 Å². The molecule has 0 aliphatic heterocycles. The third-order valence-corrected chi connectivity index (χ3v) is 5.22. The number of halogens is 1. The van der Waals surface area contributed by atoms with Gasteiger partial charge in [-0.15, -0.1) is 0 Å². The van der Waals surface area contributed by atoms with Gasteiger partial charge in [0.25, 0.3) is 0 Å². The van der Waals surface area contributed by atoms with Gasteiger partial charge in [0.05, 0.1) is 17.6 Å². The SMILES string of the molecule is CCOc1ccc(S(=O)(=O)NCC(OC)c2ccccc2Cl)cc1. The van der Waals surface area contributed by atoms with Gasteiger partial charge in [-0.2, -0.15) is 0 Å². The van der Waals surface area contributed by atoms with Crippen molar-refractivity contribution in [3.63, 3.8) is 0 Å². The van der Waals surface area contributed by atoms with E-state index >= 15 is 0 Å². The van der Waals surface area contributed by atoms with E-state index in [0.717, 1.165) is 5.56 Å². The molecule has 0 aliphatic rings. The molecule has 0 amide bonds. The van der Waals surface area contributed by atoms with Crippen LogP contribution in [0.4, 0.5) is 0 Å². The molecule has 24 heavy (non-hydrogen) atoms. The molecular weight excluding hydrogens is 350 g/mol. The summed E-state index contributed by atoms with van der Waals surface area (Å²) in [5, 5.41) is 0.532. The van der Waals surface area contributed by atoms with E-state index in [2.05, 4.69) is 4.72 Å². The zero-order valence-corrected chi connectivity index (χ0v) is 15.1. The molecule has 2 aromatic rings. The molecule has 0 saturated heterocycles. The highest BCUT2D eigenvalue weighted by molar-refractivity contribution is 7.89. The third kappa shape index (κ3) is 4.70. The molecular formula is C17H20ClNO4S. The zero-order valence-electron chi connectivity index (χ0n) is 13.5. The molecule has 1 N–H and O–H groups in total. The second kappa shape index (κ2) is 8.48. The summed E-state index contributed by atoms with van der Waals surface area (Å²) in [7, 11) is -2.13. The molecule has 0 aromatic heterocycles. The van der Waals surface area contributed by atoms with Crippen molar-refractivity contribution in [3.8, 4) is 5.75 Å². The van der Waals surface area contributed by atoms with Crippen molar-refractivity contribution in [2.24, 2.45) is 0 Å². The van der Waals surface area contributed by atoms with Gasteiger partial charge in [0.15, 0.2) is 0 Å². The molecule has 5 nitrogen and oxygen atoms in total. The lowest BCUT2D eigenvalue weighted by molar-refractivity contribution is 0.107. The number of benzene rings is 2. The van der Waals surface area contributed by atoms with E-state index in [-0.39, 0.29) is 11.4 Å². The molecule has 2 aromatic carbocycles. The van der Waals surface area contributed by atoms with Crippen LogP contribution >= 0.6 is 11.6 Å². The van der Waals surface area contributed by atoms with Crippen LogP contribution in [0.2, 0.25) is 5.02 Å². The molecule has 7 heteroatoms. The Balaban J connectivity index is 2.09. The summed E-state index contributed by atoms with van der Waals surface area (Å²) >= 11 is 6.14. The summed E-state index contributed by atoms with van der Waals surface area (Å²) in [6.07, 6.45) is -0.476. The van der Waals surface area contributed by atoms with Crippen LogP contribution in [0.3, 0.4) is 0 Å². The Morgan fingerprint density at radius 1 is 1.12 bits per heavy atom. The van der Waals surface area contributed by atoms with Crippen LogP contribution < -0.4 is 9.46 Å². The lowest BCUT2D eigenvalue weighted by Gasteiger charge is -2.18. The van der Waals surface area contributed by atoms with Crippen molar-refractivity contribution in [3.05, 3.63) is 59.1 Å². The Kier molecular flexibility index (Phi) is 6.62. The van der Waals surface area contributed by atoms with E-state index in [4.69, 9.17) is 21.1 Å². The van der Waals surface area contributed by atoms with E-state index < -0.39 is 16.1 Å². The molecule has 0 spiro atoms. The van der Waals surface area contributed by atoms with Crippen molar-refractivity contribution in [1.82, 2.24) is 4.72 Å². The van der Waals surface area contributed by atoms with Crippen molar-refractivity contribution >= 4 is 21.6 Å². The van der Waals surface area contributed by atoms with E-state index in [9.17, 15) is 8.42 Å². The van der Waals surface area contributed by atoms with Crippen LogP contribution in [0.1, 0.15) is 18.6 Å². The van der Waals surface area contributed by atoms with E-state index in [1.54, 1.807) is 18.2 Å². The minimum atomic E-state index is -3.65. The summed E-state index contributed by atoms with van der Waals surface area (Å²) in [5.74, 6) is 0.627. The fraction of sp³-hybridized carbons (Fsp3) is 0.294.